The summed E-state index contributed by atoms with van der Waals surface area (Å²) in [4.78, 5) is 0. The lowest BCUT2D eigenvalue weighted by Crippen LogP contribution is -2.00. The Morgan fingerprint density at radius 1 is 1.04 bits per heavy atom. The van der Waals surface area contributed by atoms with Crippen molar-refractivity contribution in [3.63, 3.8) is 0 Å². The monoisotopic (exact) mass is 304 g/mol. The SMILES string of the molecule is Oc1ccc(/C=N\Nc2nn3cnnc3c3ccccc23)cc1. The summed E-state index contributed by atoms with van der Waals surface area (Å²) in [5.41, 5.74) is 4.52. The molecule has 0 aliphatic heterocycles. The molecule has 2 heterocycles. The first-order valence-corrected chi connectivity index (χ1v) is 6.98. The lowest BCUT2D eigenvalue weighted by atomic mass is 10.2. The average molecular weight is 304 g/mol. The van der Waals surface area contributed by atoms with E-state index in [0.29, 0.717) is 11.5 Å². The summed E-state index contributed by atoms with van der Waals surface area (Å²) in [5.74, 6) is 0.837. The molecule has 0 spiro atoms. The standard InChI is InChI=1S/C16H12N6O/c23-12-7-5-11(6-8-12)9-17-19-15-13-3-1-2-4-14(13)16-20-18-10-22(16)21-15/h1-10,23H,(H,19,21)/b17-9-. The fourth-order valence-corrected chi connectivity index (χ4v) is 2.34. The molecular weight excluding hydrogens is 292 g/mol. The molecule has 0 amide bonds. The number of aromatic nitrogens is 4. The molecule has 0 bridgehead atoms. The number of hydrazone groups is 1. The molecule has 23 heavy (non-hydrogen) atoms. The Morgan fingerprint density at radius 3 is 2.65 bits per heavy atom. The minimum Gasteiger partial charge on any atom is -0.508 e. The summed E-state index contributed by atoms with van der Waals surface area (Å²) in [6.07, 6.45) is 3.21. The van der Waals surface area contributed by atoms with Gasteiger partial charge in [0.05, 0.1) is 6.21 Å². The van der Waals surface area contributed by atoms with Crippen molar-refractivity contribution in [1.29, 1.82) is 0 Å². The number of rotatable bonds is 3. The highest BCUT2D eigenvalue weighted by molar-refractivity contribution is 5.99. The van der Waals surface area contributed by atoms with Crippen molar-refractivity contribution in [3.05, 3.63) is 60.4 Å². The van der Waals surface area contributed by atoms with Crippen LogP contribution in [0, 0.1) is 0 Å². The van der Waals surface area contributed by atoms with E-state index in [9.17, 15) is 5.11 Å². The predicted molar refractivity (Wildman–Crippen MR) is 87.6 cm³/mol. The van der Waals surface area contributed by atoms with Crippen LogP contribution < -0.4 is 5.43 Å². The number of benzene rings is 2. The van der Waals surface area contributed by atoms with Crippen LogP contribution in [0.2, 0.25) is 0 Å². The maximum absolute atomic E-state index is 9.27. The van der Waals surface area contributed by atoms with Gasteiger partial charge in [-0.25, -0.2) is 0 Å². The number of hydrogen-bond acceptors (Lipinski definition) is 6. The van der Waals surface area contributed by atoms with Crippen LogP contribution in [0.25, 0.3) is 16.4 Å². The van der Waals surface area contributed by atoms with E-state index in [1.807, 2.05) is 24.3 Å². The molecule has 0 unspecified atom stereocenters. The number of anilines is 1. The highest BCUT2D eigenvalue weighted by atomic mass is 16.3. The van der Waals surface area contributed by atoms with Crippen LogP contribution >= 0.6 is 0 Å². The summed E-state index contributed by atoms with van der Waals surface area (Å²) in [5, 5.41) is 27.8. The lowest BCUT2D eigenvalue weighted by molar-refractivity contribution is 0.475. The van der Waals surface area contributed by atoms with Gasteiger partial charge in [0.25, 0.3) is 0 Å². The molecule has 2 aromatic heterocycles. The highest BCUT2D eigenvalue weighted by Gasteiger charge is 2.08. The summed E-state index contributed by atoms with van der Waals surface area (Å²) >= 11 is 0. The van der Waals surface area contributed by atoms with Crippen molar-refractivity contribution in [2.75, 3.05) is 5.43 Å². The Morgan fingerprint density at radius 2 is 1.83 bits per heavy atom. The molecule has 0 atom stereocenters. The van der Waals surface area contributed by atoms with Crippen LogP contribution in [0.4, 0.5) is 5.82 Å². The molecule has 0 radical (unpaired) electrons. The van der Waals surface area contributed by atoms with Gasteiger partial charge in [0.1, 0.15) is 12.1 Å². The first kappa shape index (κ1) is 13.2. The van der Waals surface area contributed by atoms with E-state index in [0.717, 1.165) is 16.3 Å². The molecular formula is C16H12N6O. The zero-order valence-corrected chi connectivity index (χ0v) is 12.0. The fourth-order valence-electron chi connectivity index (χ4n) is 2.34. The summed E-state index contributed by atoms with van der Waals surface area (Å²) in [6, 6.07) is 14.6. The third-order valence-corrected chi connectivity index (χ3v) is 3.44. The van der Waals surface area contributed by atoms with E-state index in [1.165, 1.54) is 0 Å². The second-order valence-electron chi connectivity index (χ2n) is 4.95. The zero-order chi connectivity index (χ0) is 15.6. The zero-order valence-electron chi connectivity index (χ0n) is 12.0. The lowest BCUT2D eigenvalue weighted by Gasteiger charge is -2.05. The maximum Gasteiger partial charge on any atom is 0.185 e. The molecule has 0 saturated carbocycles. The number of aromatic hydroxyl groups is 1. The number of nitrogens with zero attached hydrogens (tertiary/aromatic N) is 5. The first-order valence-electron chi connectivity index (χ1n) is 6.98. The minimum absolute atomic E-state index is 0.223. The highest BCUT2D eigenvalue weighted by Crippen LogP contribution is 2.23. The molecule has 2 aromatic carbocycles. The van der Waals surface area contributed by atoms with Gasteiger partial charge in [0.15, 0.2) is 11.5 Å². The Labute approximate surface area is 130 Å². The van der Waals surface area contributed by atoms with Crippen LogP contribution in [0.3, 0.4) is 0 Å². The summed E-state index contributed by atoms with van der Waals surface area (Å²) < 4.78 is 1.61. The van der Waals surface area contributed by atoms with E-state index >= 15 is 0 Å². The second-order valence-corrected chi connectivity index (χ2v) is 4.95. The number of phenolic OH excluding ortho intramolecular Hbond substituents is 1. The molecule has 7 heteroatoms. The fraction of sp³-hybridized carbons (Fsp3) is 0. The molecule has 0 aliphatic rings. The molecule has 0 aliphatic carbocycles. The normalized spacial score (nSPS) is 11.5. The number of hydrogen-bond donors (Lipinski definition) is 2. The van der Waals surface area contributed by atoms with Gasteiger partial charge in [-0.05, 0) is 29.8 Å². The largest absolute Gasteiger partial charge is 0.508 e. The summed E-state index contributed by atoms with van der Waals surface area (Å²) in [6.45, 7) is 0. The third-order valence-electron chi connectivity index (χ3n) is 3.44. The van der Waals surface area contributed by atoms with Crippen molar-refractivity contribution in [2.45, 2.75) is 0 Å². The predicted octanol–water partition coefficient (Wildman–Crippen LogP) is 2.43. The van der Waals surface area contributed by atoms with Gasteiger partial charge in [-0.2, -0.15) is 9.62 Å². The maximum atomic E-state index is 9.27. The number of fused-ring (bicyclic) bond motifs is 3. The van der Waals surface area contributed by atoms with Crippen molar-refractivity contribution in [2.24, 2.45) is 5.10 Å². The quantitative estimate of drug-likeness (QED) is 0.448. The van der Waals surface area contributed by atoms with E-state index in [-0.39, 0.29) is 5.75 Å². The minimum atomic E-state index is 0.223. The van der Waals surface area contributed by atoms with Crippen LogP contribution in [0.1, 0.15) is 5.56 Å². The summed E-state index contributed by atoms with van der Waals surface area (Å²) in [7, 11) is 0. The van der Waals surface area contributed by atoms with Crippen LogP contribution in [0.5, 0.6) is 5.75 Å². The molecule has 7 nitrogen and oxygen atoms in total. The smallest absolute Gasteiger partial charge is 0.185 e. The molecule has 4 aromatic rings. The van der Waals surface area contributed by atoms with Crippen molar-refractivity contribution in [1.82, 2.24) is 19.8 Å². The molecule has 2 N–H and O–H groups in total. The van der Waals surface area contributed by atoms with Gasteiger partial charge < -0.3 is 5.11 Å². The Balaban J connectivity index is 1.71. The van der Waals surface area contributed by atoms with Gasteiger partial charge in [0.2, 0.25) is 0 Å². The molecule has 0 saturated heterocycles. The molecule has 4 rings (SSSR count). The van der Waals surface area contributed by atoms with Crippen LogP contribution in [-0.4, -0.2) is 31.1 Å². The van der Waals surface area contributed by atoms with Gasteiger partial charge in [-0.15, -0.1) is 15.3 Å². The van der Waals surface area contributed by atoms with Gasteiger partial charge in [-0.3, -0.25) is 5.43 Å². The van der Waals surface area contributed by atoms with Crippen molar-refractivity contribution >= 4 is 28.5 Å². The third kappa shape index (κ3) is 2.44. The van der Waals surface area contributed by atoms with Gasteiger partial charge >= 0.3 is 0 Å². The molecule has 0 fully saturated rings. The topological polar surface area (TPSA) is 87.7 Å². The Kier molecular flexibility index (Phi) is 3.09. The van der Waals surface area contributed by atoms with Crippen molar-refractivity contribution < 1.29 is 5.11 Å². The molecule has 112 valence electrons. The van der Waals surface area contributed by atoms with E-state index in [1.54, 1.807) is 41.3 Å². The number of nitrogens with one attached hydrogen (secondary N) is 1. The average Bonchev–Trinajstić information content (AvgIpc) is 3.05. The Hall–Kier alpha value is -3.48. The first-order chi connectivity index (χ1) is 11.3. The van der Waals surface area contributed by atoms with E-state index in [2.05, 4.69) is 25.8 Å². The van der Waals surface area contributed by atoms with E-state index < -0.39 is 0 Å². The Bertz CT molecular complexity index is 1010. The van der Waals surface area contributed by atoms with Crippen molar-refractivity contribution in [3.8, 4) is 5.75 Å². The van der Waals surface area contributed by atoms with Gasteiger partial charge in [-0.1, -0.05) is 24.3 Å². The second kappa shape index (κ2) is 5.38. The van der Waals surface area contributed by atoms with Gasteiger partial charge in [0, 0.05) is 10.8 Å². The number of phenols is 1. The van der Waals surface area contributed by atoms with E-state index in [4.69, 9.17) is 0 Å². The van der Waals surface area contributed by atoms with Crippen LogP contribution in [0.15, 0.2) is 60.0 Å². The van der Waals surface area contributed by atoms with Crippen LogP contribution in [-0.2, 0) is 0 Å².